The van der Waals surface area contributed by atoms with Crippen LogP contribution in [0.5, 0.6) is 0 Å². The summed E-state index contributed by atoms with van der Waals surface area (Å²) in [6, 6.07) is 10.9. The van der Waals surface area contributed by atoms with Crippen LogP contribution in [0.2, 0.25) is 0 Å². The summed E-state index contributed by atoms with van der Waals surface area (Å²) in [4.78, 5) is 0. The summed E-state index contributed by atoms with van der Waals surface area (Å²) in [5.41, 5.74) is 4.10. The molecule has 0 bridgehead atoms. The van der Waals surface area contributed by atoms with E-state index in [2.05, 4.69) is 51.2 Å². The van der Waals surface area contributed by atoms with Crippen LogP contribution in [0.15, 0.2) is 41.0 Å². The van der Waals surface area contributed by atoms with Gasteiger partial charge in [-0.3, -0.25) is 0 Å². The van der Waals surface area contributed by atoms with Crippen molar-refractivity contribution in [1.82, 2.24) is 5.32 Å². The third kappa shape index (κ3) is 2.96. The fraction of sp³-hybridized carbons (Fsp3) is 0.444. The molecular formula is C18H25NO. The molecule has 1 N–H and O–H groups in total. The molecule has 0 aliphatic rings. The number of rotatable bonds is 5. The van der Waals surface area contributed by atoms with Gasteiger partial charge in [-0.1, -0.05) is 45.9 Å². The van der Waals surface area contributed by atoms with Gasteiger partial charge >= 0.3 is 0 Å². The van der Waals surface area contributed by atoms with Crippen LogP contribution in [0.1, 0.15) is 68.0 Å². The molecule has 1 unspecified atom stereocenters. The molecule has 0 saturated heterocycles. The Kier molecular flexibility index (Phi) is 4.66. The van der Waals surface area contributed by atoms with Crippen molar-refractivity contribution < 1.29 is 4.42 Å². The number of hydrogen-bond acceptors (Lipinski definition) is 2. The van der Waals surface area contributed by atoms with Gasteiger partial charge in [0.1, 0.15) is 5.76 Å². The zero-order valence-electron chi connectivity index (χ0n) is 13.1. The zero-order chi connectivity index (χ0) is 14.7. The SMILES string of the molecule is CNC(c1ccco1)c1ccc(C(C)C)cc1C(C)C. The lowest BCUT2D eigenvalue weighted by atomic mass is 9.88. The number of nitrogens with one attached hydrogen (secondary N) is 1. The van der Waals surface area contributed by atoms with Gasteiger partial charge in [-0.2, -0.15) is 0 Å². The van der Waals surface area contributed by atoms with E-state index in [1.165, 1.54) is 16.7 Å². The molecule has 2 rings (SSSR count). The summed E-state index contributed by atoms with van der Waals surface area (Å²) in [5.74, 6) is 2.01. The standard InChI is InChI=1S/C18H25NO/c1-12(2)14-8-9-15(16(11-14)13(3)4)18(19-5)17-7-6-10-20-17/h6-13,18-19H,1-5H3. The van der Waals surface area contributed by atoms with Crippen molar-refractivity contribution in [2.45, 2.75) is 45.6 Å². The van der Waals surface area contributed by atoms with Crippen molar-refractivity contribution in [3.8, 4) is 0 Å². The van der Waals surface area contributed by atoms with Gasteiger partial charge in [-0.05, 0) is 47.7 Å². The van der Waals surface area contributed by atoms with Gasteiger partial charge < -0.3 is 9.73 Å². The van der Waals surface area contributed by atoms with E-state index < -0.39 is 0 Å². The minimum Gasteiger partial charge on any atom is -0.467 e. The van der Waals surface area contributed by atoms with Crippen LogP contribution in [0.25, 0.3) is 0 Å². The molecule has 2 heteroatoms. The quantitative estimate of drug-likeness (QED) is 0.842. The van der Waals surface area contributed by atoms with Gasteiger partial charge in [0.05, 0.1) is 12.3 Å². The highest BCUT2D eigenvalue weighted by atomic mass is 16.3. The minimum atomic E-state index is 0.114. The Balaban J connectivity index is 2.49. The maximum atomic E-state index is 5.59. The van der Waals surface area contributed by atoms with E-state index >= 15 is 0 Å². The molecule has 0 aliphatic carbocycles. The molecule has 2 aromatic rings. The lowest BCUT2D eigenvalue weighted by Crippen LogP contribution is -2.19. The Bertz CT molecular complexity index is 541. The Morgan fingerprint density at radius 3 is 2.20 bits per heavy atom. The first kappa shape index (κ1) is 14.9. The number of hydrogen-bond donors (Lipinski definition) is 1. The first-order chi connectivity index (χ1) is 9.54. The normalized spacial score (nSPS) is 13.2. The van der Waals surface area contributed by atoms with Crippen molar-refractivity contribution in [2.24, 2.45) is 0 Å². The third-order valence-electron chi connectivity index (χ3n) is 3.83. The van der Waals surface area contributed by atoms with Crippen molar-refractivity contribution in [3.63, 3.8) is 0 Å². The average molecular weight is 271 g/mol. The lowest BCUT2D eigenvalue weighted by Gasteiger charge is -2.22. The molecule has 0 fully saturated rings. The summed E-state index contributed by atoms with van der Waals surface area (Å²) in [5, 5.41) is 3.37. The largest absolute Gasteiger partial charge is 0.467 e. The molecule has 0 radical (unpaired) electrons. The Labute approximate surface area is 122 Å². The second-order valence-electron chi connectivity index (χ2n) is 5.93. The minimum absolute atomic E-state index is 0.114. The highest BCUT2D eigenvalue weighted by Crippen LogP contribution is 2.32. The second kappa shape index (κ2) is 6.27. The van der Waals surface area contributed by atoms with Crippen molar-refractivity contribution in [3.05, 3.63) is 59.0 Å². The van der Waals surface area contributed by atoms with E-state index in [0.29, 0.717) is 11.8 Å². The summed E-state index contributed by atoms with van der Waals surface area (Å²) in [6.07, 6.45) is 1.73. The molecule has 1 heterocycles. The summed E-state index contributed by atoms with van der Waals surface area (Å²) in [7, 11) is 1.98. The molecule has 1 atom stereocenters. The molecule has 0 amide bonds. The maximum absolute atomic E-state index is 5.59. The van der Waals surface area contributed by atoms with Crippen LogP contribution in [0, 0.1) is 0 Å². The number of furan rings is 1. The molecule has 108 valence electrons. The monoisotopic (exact) mass is 271 g/mol. The van der Waals surface area contributed by atoms with Crippen LogP contribution < -0.4 is 5.32 Å². The molecule has 2 nitrogen and oxygen atoms in total. The fourth-order valence-corrected chi connectivity index (χ4v) is 2.62. The van der Waals surface area contributed by atoms with Crippen molar-refractivity contribution >= 4 is 0 Å². The molecule has 0 spiro atoms. The van der Waals surface area contributed by atoms with E-state index in [1.807, 2.05) is 19.2 Å². The van der Waals surface area contributed by atoms with Gasteiger partial charge in [0.15, 0.2) is 0 Å². The van der Waals surface area contributed by atoms with Gasteiger partial charge in [-0.25, -0.2) is 0 Å². The molecule has 0 saturated carbocycles. The predicted octanol–water partition coefficient (Wildman–Crippen LogP) is 4.84. The first-order valence-electron chi connectivity index (χ1n) is 7.39. The molecule has 1 aromatic carbocycles. The maximum Gasteiger partial charge on any atom is 0.125 e. The van der Waals surface area contributed by atoms with Crippen LogP contribution in [-0.2, 0) is 0 Å². The lowest BCUT2D eigenvalue weighted by molar-refractivity contribution is 0.461. The Morgan fingerprint density at radius 1 is 0.950 bits per heavy atom. The van der Waals surface area contributed by atoms with Gasteiger partial charge in [-0.15, -0.1) is 0 Å². The zero-order valence-corrected chi connectivity index (χ0v) is 13.1. The van der Waals surface area contributed by atoms with Gasteiger partial charge in [0.2, 0.25) is 0 Å². The smallest absolute Gasteiger partial charge is 0.125 e. The average Bonchev–Trinajstić information content (AvgIpc) is 2.93. The topological polar surface area (TPSA) is 25.2 Å². The molecule has 1 aromatic heterocycles. The summed E-state index contributed by atoms with van der Waals surface area (Å²) in [6.45, 7) is 8.97. The highest BCUT2D eigenvalue weighted by Gasteiger charge is 2.20. The Morgan fingerprint density at radius 2 is 1.70 bits per heavy atom. The molecular weight excluding hydrogens is 246 g/mol. The van der Waals surface area contributed by atoms with Crippen LogP contribution >= 0.6 is 0 Å². The van der Waals surface area contributed by atoms with E-state index in [9.17, 15) is 0 Å². The first-order valence-corrected chi connectivity index (χ1v) is 7.39. The third-order valence-corrected chi connectivity index (χ3v) is 3.83. The van der Waals surface area contributed by atoms with Crippen molar-refractivity contribution in [1.29, 1.82) is 0 Å². The van der Waals surface area contributed by atoms with Crippen LogP contribution in [0.3, 0.4) is 0 Å². The fourth-order valence-electron chi connectivity index (χ4n) is 2.62. The molecule has 20 heavy (non-hydrogen) atoms. The van der Waals surface area contributed by atoms with E-state index in [-0.39, 0.29) is 6.04 Å². The summed E-state index contributed by atoms with van der Waals surface area (Å²) >= 11 is 0. The van der Waals surface area contributed by atoms with Crippen LogP contribution in [-0.4, -0.2) is 7.05 Å². The molecule has 0 aliphatic heterocycles. The van der Waals surface area contributed by atoms with Gasteiger partial charge in [0.25, 0.3) is 0 Å². The van der Waals surface area contributed by atoms with E-state index in [1.54, 1.807) is 6.26 Å². The predicted molar refractivity (Wildman–Crippen MR) is 84.2 cm³/mol. The second-order valence-corrected chi connectivity index (χ2v) is 5.93. The highest BCUT2D eigenvalue weighted by molar-refractivity contribution is 5.40. The summed E-state index contributed by atoms with van der Waals surface area (Å²) < 4.78 is 5.59. The van der Waals surface area contributed by atoms with Crippen LogP contribution in [0.4, 0.5) is 0 Å². The van der Waals surface area contributed by atoms with Crippen molar-refractivity contribution in [2.75, 3.05) is 7.05 Å². The Hall–Kier alpha value is -1.54. The van der Waals surface area contributed by atoms with Gasteiger partial charge in [0, 0.05) is 0 Å². The number of benzene rings is 1. The van der Waals surface area contributed by atoms with E-state index in [0.717, 1.165) is 5.76 Å². The van der Waals surface area contributed by atoms with E-state index in [4.69, 9.17) is 4.42 Å².